The van der Waals surface area contributed by atoms with E-state index in [4.69, 9.17) is 0 Å². The Morgan fingerprint density at radius 1 is 1.35 bits per heavy atom. The molecular formula is C18H20N2O4S2. The average molecular weight is 393 g/mol. The van der Waals surface area contributed by atoms with Crippen LogP contribution in [0.1, 0.15) is 37.2 Å². The molecule has 1 saturated carbocycles. The van der Waals surface area contributed by atoms with Crippen LogP contribution in [0.25, 0.3) is 0 Å². The lowest BCUT2D eigenvalue weighted by Crippen LogP contribution is -2.23. The molecule has 0 saturated heterocycles. The van der Waals surface area contributed by atoms with Crippen molar-refractivity contribution in [3.63, 3.8) is 0 Å². The van der Waals surface area contributed by atoms with Crippen molar-refractivity contribution >= 4 is 38.0 Å². The number of carbonyl (C=O) groups is 2. The number of rotatable bonds is 6. The maximum atomic E-state index is 12.8. The van der Waals surface area contributed by atoms with Gasteiger partial charge in [0.2, 0.25) is 5.91 Å². The van der Waals surface area contributed by atoms with E-state index in [-0.39, 0.29) is 22.5 Å². The van der Waals surface area contributed by atoms with Crippen LogP contribution in [-0.4, -0.2) is 31.3 Å². The van der Waals surface area contributed by atoms with E-state index in [0.29, 0.717) is 24.4 Å². The third kappa shape index (κ3) is 4.56. The number of hydrogen-bond donors (Lipinski definition) is 1. The van der Waals surface area contributed by atoms with Crippen molar-refractivity contribution in [3.05, 3.63) is 41.4 Å². The van der Waals surface area contributed by atoms with E-state index >= 15 is 0 Å². The number of sulfone groups is 1. The van der Waals surface area contributed by atoms with Crippen molar-refractivity contribution in [2.24, 2.45) is 5.92 Å². The van der Waals surface area contributed by atoms with Crippen molar-refractivity contribution in [2.45, 2.75) is 36.5 Å². The summed E-state index contributed by atoms with van der Waals surface area (Å²) in [6, 6.07) is 6.40. The highest BCUT2D eigenvalue weighted by Crippen LogP contribution is 2.34. The van der Waals surface area contributed by atoms with E-state index in [1.54, 1.807) is 23.7 Å². The molecule has 8 heteroatoms. The van der Waals surface area contributed by atoms with Gasteiger partial charge in [0, 0.05) is 30.7 Å². The first-order chi connectivity index (χ1) is 12.3. The highest BCUT2D eigenvalue weighted by Gasteiger charge is 2.30. The molecule has 0 radical (unpaired) electrons. The summed E-state index contributed by atoms with van der Waals surface area (Å²) >= 11 is 1.34. The Bertz CT molecular complexity index is 890. The van der Waals surface area contributed by atoms with Gasteiger partial charge in [-0.25, -0.2) is 13.4 Å². The molecule has 2 atom stereocenters. The second-order valence-electron chi connectivity index (χ2n) is 6.60. The number of thiazole rings is 1. The van der Waals surface area contributed by atoms with Gasteiger partial charge < -0.3 is 5.32 Å². The molecule has 1 N–H and O–H groups in total. The quantitative estimate of drug-likeness (QED) is 0.816. The zero-order valence-electron chi connectivity index (χ0n) is 14.3. The SMILES string of the molecule is CS(=O)(=O)c1ccc(C(CC2CCC(=O)C2)C(=O)Nc2nccs2)cc1. The Morgan fingerprint density at radius 2 is 2.08 bits per heavy atom. The average Bonchev–Trinajstić information content (AvgIpc) is 3.23. The van der Waals surface area contributed by atoms with Gasteiger partial charge >= 0.3 is 0 Å². The molecule has 2 aromatic rings. The second-order valence-corrected chi connectivity index (χ2v) is 9.51. The summed E-state index contributed by atoms with van der Waals surface area (Å²) < 4.78 is 23.3. The summed E-state index contributed by atoms with van der Waals surface area (Å²) in [5.41, 5.74) is 0.741. The first-order valence-corrected chi connectivity index (χ1v) is 11.1. The van der Waals surface area contributed by atoms with Crippen LogP contribution in [0.15, 0.2) is 40.7 Å². The molecule has 1 amide bonds. The van der Waals surface area contributed by atoms with Crippen LogP contribution in [0.5, 0.6) is 0 Å². The molecule has 6 nitrogen and oxygen atoms in total. The summed E-state index contributed by atoms with van der Waals surface area (Å²) in [7, 11) is -3.29. The van der Waals surface area contributed by atoms with Gasteiger partial charge in [-0.2, -0.15) is 0 Å². The number of aromatic nitrogens is 1. The number of hydrogen-bond acceptors (Lipinski definition) is 6. The van der Waals surface area contributed by atoms with Gasteiger partial charge in [0.25, 0.3) is 0 Å². The summed E-state index contributed by atoms with van der Waals surface area (Å²) in [5, 5.41) is 5.12. The number of amides is 1. The fourth-order valence-electron chi connectivity index (χ4n) is 3.25. The highest BCUT2D eigenvalue weighted by molar-refractivity contribution is 7.90. The number of ketones is 1. The summed E-state index contributed by atoms with van der Waals surface area (Å²) in [5.74, 6) is -0.236. The lowest BCUT2D eigenvalue weighted by atomic mass is 9.87. The minimum atomic E-state index is -3.29. The van der Waals surface area contributed by atoms with E-state index in [1.807, 2.05) is 0 Å². The van der Waals surface area contributed by atoms with Crippen molar-refractivity contribution < 1.29 is 18.0 Å². The molecule has 1 aromatic carbocycles. The fraction of sp³-hybridized carbons (Fsp3) is 0.389. The van der Waals surface area contributed by atoms with Crippen LogP contribution in [0, 0.1) is 5.92 Å². The van der Waals surface area contributed by atoms with Crippen LogP contribution in [-0.2, 0) is 19.4 Å². The maximum Gasteiger partial charge on any atom is 0.233 e. The summed E-state index contributed by atoms with van der Waals surface area (Å²) in [6.07, 6.45) is 5.19. The predicted molar refractivity (Wildman–Crippen MR) is 100 cm³/mol. The largest absolute Gasteiger partial charge is 0.301 e. The van der Waals surface area contributed by atoms with Crippen LogP contribution in [0.4, 0.5) is 5.13 Å². The fourth-order valence-corrected chi connectivity index (χ4v) is 4.41. The molecule has 0 spiro atoms. The van der Waals surface area contributed by atoms with Gasteiger partial charge in [-0.15, -0.1) is 11.3 Å². The van der Waals surface area contributed by atoms with Gasteiger partial charge in [-0.1, -0.05) is 12.1 Å². The number of nitrogens with zero attached hydrogens (tertiary/aromatic N) is 1. The number of anilines is 1. The van der Waals surface area contributed by atoms with Crippen LogP contribution >= 0.6 is 11.3 Å². The van der Waals surface area contributed by atoms with Crippen LogP contribution in [0.2, 0.25) is 0 Å². The summed E-state index contributed by atoms with van der Waals surface area (Å²) in [6.45, 7) is 0. The van der Waals surface area contributed by atoms with E-state index in [9.17, 15) is 18.0 Å². The smallest absolute Gasteiger partial charge is 0.233 e. The third-order valence-corrected chi connectivity index (χ3v) is 6.42. The summed E-state index contributed by atoms with van der Waals surface area (Å²) in [4.78, 5) is 28.7. The molecule has 1 heterocycles. The molecular weight excluding hydrogens is 372 g/mol. The normalized spacial score (nSPS) is 18.7. The Hall–Kier alpha value is -2.06. The zero-order chi connectivity index (χ0) is 18.7. The first-order valence-electron chi connectivity index (χ1n) is 8.35. The minimum absolute atomic E-state index is 0.170. The third-order valence-electron chi connectivity index (χ3n) is 4.61. The minimum Gasteiger partial charge on any atom is -0.301 e. The van der Waals surface area contributed by atoms with E-state index in [0.717, 1.165) is 18.2 Å². The van der Waals surface area contributed by atoms with Crippen molar-refractivity contribution in [1.29, 1.82) is 0 Å². The monoisotopic (exact) mass is 392 g/mol. The number of carbonyl (C=O) groups excluding carboxylic acids is 2. The number of Topliss-reactive ketones (excluding diaryl/α,β-unsaturated/α-hetero) is 1. The number of nitrogens with one attached hydrogen (secondary N) is 1. The first kappa shape index (κ1) is 18.7. The standard InChI is InChI=1S/C18H20N2O4S2/c1-26(23,24)15-6-3-13(4-7-15)16(11-12-2-5-14(21)10-12)17(22)20-18-19-8-9-25-18/h3-4,6-9,12,16H,2,5,10-11H2,1H3,(H,19,20,22). The topological polar surface area (TPSA) is 93.2 Å². The second kappa shape index (κ2) is 7.67. The van der Waals surface area contributed by atoms with Crippen molar-refractivity contribution in [3.8, 4) is 0 Å². The lowest BCUT2D eigenvalue weighted by Gasteiger charge is -2.20. The molecule has 1 aliphatic rings. The van der Waals surface area contributed by atoms with Crippen LogP contribution in [0.3, 0.4) is 0 Å². The van der Waals surface area contributed by atoms with Gasteiger partial charge in [-0.3, -0.25) is 9.59 Å². The zero-order valence-corrected chi connectivity index (χ0v) is 16.0. The van der Waals surface area contributed by atoms with Gasteiger partial charge in [0.05, 0.1) is 10.8 Å². The maximum absolute atomic E-state index is 12.8. The van der Waals surface area contributed by atoms with E-state index in [2.05, 4.69) is 10.3 Å². The Balaban J connectivity index is 1.83. The van der Waals surface area contributed by atoms with Crippen molar-refractivity contribution in [2.75, 3.05) is 11.6 Å². The van der Waals surface area contributed by atoms with E-state index in [1.165, 1.54) is 23.5 Å². The van der Waals surface area contributed by atoms with Crippen LogP contribution < -0.4 is 5.32 Å². The highest BCUT2D eigenvalue weighted by atomic mass is 32.2. The molecule has 1 aromatic heterocycles. The molecule has 1 fully saturated rings. The molecule has 2 unspecified atom stereocenters. The molecule has 138 valence electrons. The van der Waals surface area contributed by atoms with Gasteiger partial charge in [-0.05, 0) is 36.5 Å². The molecule has 26 heavy (non-hydrogen) atoms. The van der Waals surface area contributed by atoms with E-state index < -0.39 is 15.8 Å². The Labute approximate surface area is 156 Å². The predicted octanol–water partition coefficient (Wildman–Crippen LogP) is 3.03. The Kier molecular flexibility index (Phi) is 5.52. The van der Waals surface area contributed by atoms with Gasteiger partial charge in [0.1, 0.15) is 5.78 Å². The Morgan fingerprint density at radius 3 is 2.62 bits per heavy atom. The number of benzene rings is 1. The molecule has 1 aliphatic carbocycles. The molecule has 3 rings (SSSR count). The van der Waals surface area contributed by atoms with Crippen molar-refractivity contribution in [1.82, 2.24) is 4.98 Å². The molecule has 0 aliphatic heterocycles. The van der Waals surface area contributed by atoms with Gasteiger partial charge in [0.15, 0.2) is 15.0 Å². The lowest BCUT2D eigenvalue weighted by molar-refractivity contribution is -0.119. The molecule has 0 bridgehead atoms.